The van der Waals surface area contributed by atoms with E-state index >= 15 is 0 Å². The Hall–Kier alpha value is -0.800. The second-order valence-electron chi connectivity index (χ2n) is 3.83. The van der Waals surface area contributed by atoms with Crippen LogP contribution in [-0.4, -0.2) is 25.3 Å². The van der Waals surface area contributed by atoms with E-state index in [2.05, 4.69) is 11.4 Å². The Morgan fingerprint density at radius 3 is 3.00 bits per heavy atom. The molecule has 0 radical (unpaired) electrons. The molecule has 0 aliphatic heterocycles. The fraction of sp³-hybridized carbons (Fsp3) is 0.636. The normalized spacial score (nSPS) is 26.1. The minimum atomic E-state index is -0.175. The van der Waals surface area contributed by atoms with E-state index in [9.17, 15) is 0 Å². The predicted octanol–water partition coefficient (Wildman–Crippen LogP) is 1.17. The summed E-state index contributed by atoms with van der Waals surface area (Å²) in [7, 11) is 0. The lowest BCUT2D eigenvalue weighted by Gasteiger charge is -2.23. The fourth-order valence-electron chi connectivity index (χ4n) is 1.29. The molecule has 0 spiro atoms. The summed E-state index contributed by atoms with van der Waals surface area (Å²) in [5.74, 6) is 0. The highest BCUT2D eigenvalue weighted by molar-refractivity contribution is 5.26. The minimum absolute atomic E-state index is 0.175. The van der Waals surface area contributed by atoms with Crippen molar-refractivity contribution in [1.29, 1.82) is 0 Å². The largest absolute Gasteiger partial charge is 0.383 e. The van der Waals surface area contributed by atoms with Gasteiger partial charge >= 0.3 is 0 Å². The molecule has 1 atom stereocenters. The first kappa shape index (κ1) is 11.3. The lowest BCUT2D eigenvalue weighted by molar-refractivity contribution is 0.151. The standard InChI is InChI=1S/C11H20N2O/c1-3-14-9-8-13-10-4-6-11(2,12)7-5-10/h4-6,13H,3,7-9,12H2,1-2H3. The van der Waals surface area contributed by atoms with Gasteiger partial charge in [0.25, 0.3) is 0 Å². The molecule has 0 heterocycles. The van der Waals surface area contributed by atoms with Gasteiger partial charge in [-0.2, -0.15) is 0 Å². The maximum Gasteiger partial charge on any atom is 0.0638 e. The molecule has 0 saturated heterocycles. The van der Waals surface area contributed by atoms with Gasteiger partial charge in [0, 0.05) is 24.4 Å². The van der Waals surface area contributed by atoms with Crippen LogP contribution in [0.3, 0.4) is 0 Å². The zero-order chi connectivity index (χ0) is 10.4. The van der Waals surface area contributed by atoms with Gasteiger partial charge in [-0.25, -0.2) is 0 Å². The second-order valence-corrected chi connectivity index (χ2v) is 3.83. The zero-order valence-electron chi connectivity index (χ0n) is 9.05. The molecule has 1 aliphatic carbocycles. The van der Waals surface area contributed by atoms with Gasteiger partial charge in [-0.1, -0.05) is 12.2 Å². The van der Waals surface area contributed by atoms with E-state index in [0.717, 1.165) is 31.9 Å². The summed E-state index contributed by atoms with van der Waals surface area (Å²) >= 11 is 0. The van der Waals surface area contributed by atoms with Crippen molar-refractivity contribution >= 4 is 0 Å². The summed E-state index contributed by atoms with van der Waals surface area (Å²) in [6.07, 6.45) is 7.10. The van der Waals surface area contributed by atoms with Crippen molar-refractivity contribution in [3.05, 3.63) is 23.9 Å². The van der Waals surface area contributed by atoms with Crippen molar-refractivity contribution in [3.63, 3.8) is 0 Å². The third kappa shape index (κ3) is 3.94. The molecule has 0 amide bonds. The molecule has 0 aromatic carbocycles. The Morgan fingerprint density at radius 1 is 1.64 bits per heavy atom. The summed E-state index contributed by atoms with van der Waals surface area (Å²) in [4.78, 5) is 0. The molecule has 0 aromatic rings. The fourth-order valence-corrected chi connectivity index (χ4v) is 1.29. The first-order chi connectivity index (χ1) is 6.64. The Balaban J connectivity index is 2.22. The summed E-state index contributed by atoms with van der Waals surface area (Å²) in [6, 6.07) is 0. The van der Waals surface area contributed by atoms with Crippen LogP contribution in [-0.2, 0) is 4.74 Å². The molecule has 1 rings (SSSR count). The van der Waals surface area contributed by atoms with Gasteiger partial charge in [-0.15, -0.1) is 0 Å². The lowest BCUT2D eigenvalue weighted by atomic mass is 9.94. The highest BCUT2D eigenvalue weighted by atomic mass is 16.5. The Kier molecular flexibility index (Phi) is 4.17. The third-order valence-electron chi connectivity index (χ3n) is 2.19. The number of hydrogen-bond donors (Lipinski definition) is 2. The molecule has 3 nitrogen and oxygen atoms in total. The maximum atomic E-state index is 5.93. The first-order valence-corrected chi connectivity index (χ1v) is 5.14. The van der Waals surface area contributed by atoms with Crippen LogP contribution < -0.4 is 11.1 Å². The smallest absolute Gasteiger partial charge is 0.0638 e. The Bertz CT molecular complexity index is 231. The topological polar surface area (TPSA) is 47.3 Å². The molecule has 1 unspecified atom stereocenters. The second kappa shape index (κ2) is 5.17. The van der Waals surface area contributed by atoms with E-state index in [-0.39, 0.29) is 5.54 Å². The van der Waals surface area contributed by atoms with Crippen LogP contribution in [0.4, 0.5) is 0 Å². The predicted molar refractivity (Wildman–Crippen MR) is 58.9 cm³/mol. The van der Waals surface area contributed by atoms with Gasteiger partial charge in [0.05, 0.1) is 6.61 Å². The van der Waals surface area contributed by atoms with Crippen molar-refractivity contribution in [2.45, 2.75) is 25.8 Å². The average Bonchev–Trinajstić information content (AvgIpc) is 2.15. The van der Waals surface area contributed by atoms with Gasteiger partial charge in [0.15, 0.2) is 0 Å². The van der Waals surface area contributed by atoms with E-state index in [4.69, 9.17) is 10.5 Å². The van der Waals surface area contributed by atoms with Crippen molar-refractivity contribution in [1.82, 2.24) is 5.32 Å². The number of allylic oxidation sites excluding steroid dienone is 1. The Labute approximate surface area is 86.0 Å². The first-order valence-electron chi connectivity index (χ1n) is 5.14. The number of ether oxygens (including phenoxy) is 1. The molecule has 14 heavy (non-hydrogen) atoms. The number of rotatable bonds is 5. The quantitative estimate of drug-likeness (QED) is 0.649. The Morgan fingerprint density at radius 2 is 2.43 bits per heavy atom. The molecule has 80 valence electrons. The van der Waals surface area contributed by atoms with Crippen LogP contribution >= 0.6 is 0 Å². The van der Waals surface area contributed by atoms with Gasteiger partial charge in [0.1, 0.15) is 0 Å². The van der Waals surface area contributed by atoms with E-state index in [1.54, 1.807) is 0 Å². The van der Waals surface area contributed by atoms with E-state index < -0.39 is 0 Å². The van der Waals surface area contributed by atoms with Crippen molar-refractivity contribution in [2.24, 2.45) is 5.73 Å². The summed E-state index contributed by atoms with van der Waals surface area (Å²) in [6.45, 7) is 6.40. The van der Waals surface area contributed by atoms with E-state index in [0.29, 0.717) is 0 Å². The molecule has 3 heteroatoms. The van der Waals surface area contributed by atoms with Gasteiger partial charge < -0.3 is 15.8 Å². The highest BCUT2D eigenvalue weighted by Gasteiger charge is 2.15. The zero-order valence-corrected chi connectivity index (χ0v) is 9.05. The third-order valence-corrected chi connectivity index (χ3v) is 2.19. The molecular weight excluding hydrogens is 176 g/mol. The maximum absolute atomic E-state index is 5.93. The van der Waals surface area contributed by atoms with Crippen LogP contribution in [0.2, 0.25) is 0 Å². The van der Waals surface area contributed by atoms with Crippen LogP contribution in [0.5, 0.6) is 0 Å². The van der Waals surface area contributed by atoms with Gasteiger partial charge in [-0.05, 0) is 26.3 Å². The van der Waals surface area contributed by atoms with Crippen LogP contribution in [0, 0.1) is 0 Å². The van der Waals surface area contributed by atoms with E-state index in [1.807, 2.05) is 26.0 Å². The SMILES string of the molecule is CCOCCNC1=CCC(C)(N)C=C1. The molecule has 0 aromatic heterocycles. The van der Waals surface area contributed by atoms with Crippen molar-refractivity contribution < 1.29 is 4.74 Å². The summed E-state index contributed by atoms with van der Waals surface area (Å²) in [5, 5.41) is 3.29. The number of nitrogens with one attached hydrogen (secondary N) is 1. The van der Waals surface area contributed by atoms with Crippen LogP contribution in [0.1, 0.15) is 20.3 Å². The average molecular weight is 196 g/mol. The number of hydrogen-bond acceptors (Lipinski definition) is 3. The number of nitrogens with two attached hydrogens (primary N) is 1. The molecule has 0 bridgehead atoms. The van der Waals surface area contributed by atoms with Gasteiger partial charge in [0.2, 0.25) is 0 Å². The van der Waals surface area contributed by atoms with E-state index in [1.165, 1.54) is 0 Å². The molecular formula is C11H20N2O. The van der Waals surface area contributed by atoms with Crippen molar-refractivity contribution in [3.8, 4) is 0 Å². The molecule has 0 fully saturated rings. The molecule has 0 saturated carbocycles. The monoisotopic (exact) mass is 196 g/mol. The minimum Gasteiger partial charge on any atom is -0.383 e. The summed E-state index contributed by atoms with van der Waals surface area (Å²) < 4.78 is 5.23. The van der Waals surface area contributed by atoms with Gasteiger partial charge in [-0.3, -0.25) is 0 Å². The lowest BCUT2D eigenvalue weighted by Crippen LogP contribution is -2.35. The van der Waals surface area contributed by atoms with Crippen molar-refractivity contribution in [2.75, 3.05) is 19.8 Å². The van der Waals surface area contributed by atoms with Crippen LogP contribution in [0.25, 0.3) is 0 Å². The van der Waals surface area contributed by atoms with Crippen LogP contribution in [0.15, 0.2) is 23.9 Å². The molecule has 1 aliphatic rings. The summed E-state index contributed by atoms with van der Waals surface area (Å²) in [5.41, 5.74) is 6.90. The molecule has 3 N–H and O–H groups in total. The highest BCUT2D eigenvalue weighted by Crippen LogP contribution is 2.15.